The van der Waals surface area contributed by atoms with Crippen molar-refractivity contribution >= 4 is 23.4 Å². The van der Waals surface area contributed by atoms with Crippen molar-refractivity contribution < 1.29 is 4.79 Å². The van der Waals surface area contributed by atoms with E-state index in [1.807, 2.05) is 23.9 Å². The van der Waals surface area contributed by atoms with Gasteiger partial charge in [0, 0.05) is 28.8 Å². The van der Waals surface area contributed by atoms with Crippen molar-refractivity contribution in [3.05, 3.63) is 24.3 Å². The predicted octanol–water partition coefficient (Wildman–Crippen LogP) is 3.64. The van der Waals surface area contributed by atoms with E-state index in [0.717, 1.165) is 5.69 Å². The highest BCUT2D eigenvalue weighted by molar-refractivity contribution is 8.00. The molecule has 1 aromatic carbocycles. The molecule has 2 unspecified atom stereocenters. The molecule has 1 aliphatic rings. The van der Waals surface area contributed by atoms with Gasteiger partial charge in [-0.15, -0.1) is 11.8 Å². The van der Waals surface area contributed by atoms with Gasteiger partial charge < -0.3 is 11.1 Å². The van der Waals surface area contributed by atoms with Crippen molar-refractivity contribution in [2.75, 3.05) is 5.32 Å². The number of carbonyl (C=O) groups is 1. The summed E-state index contributed by atoms with van der Waals surface area (Å²) in [5.41, 5.74) is 7.49. The first-order valence-corrected chi connectivity index (χ1v) is 8.06. The highest BCUT2D eigenvalue weighted by Crippen LogP contribution is 2.41. The largest absolute Gasteiger partial charge is 0.326 e. The smallest absolute Gasteiger partial charge is 0.221 e. The van der Waals surface area contributed by atoms with E-state index in [9.17, 15) is 4.79 Å². The number of rotatable bonds is 3. The van der Waals surface area contributed by atoms with E-state index in [4.69, 9.17) is 5.73 Å². The summed E-state index contributed by atoms with van der Waals surface area (Å²) in [5, 5.41) is 3.26. The number of carbonyl (C=O) groups excluding carboxylic acids is 1. The summed E-state index contributed by atoms with van der Waals surface area (Å²) < 4.78 is 0. The van der Waals surface area contributed by atoms with Crippen LogP contribution in [-0.4, -0.2) is 17.2 Å². The second-order valence-corrected chi connectivity index (χ2v) is 7.58. The zero-order valence-corrected chi connectivity index (χ0v) is 13.3. The van der Waals surface area contributed by atoms with E-state index in [1.54, 1.807) is 0 Å². The monoisotopic (exact) mass is 292 g/mol. The summed E-state index contributed by atoms with van der Waals surface area (Å²) in [5.74, 6) is -0.0403. The van der Waals surface area contributed by atoms with Gasteiger partial charge in [-0.05, 0) is 42.5 Å². The van der Waals surface area contributed by atoms with Gasteiger partial charge in [-0.2, -0.15) is 0 Å². The maximum atomic E-state index is 11.0. The van der Waals surface area contributed by atoms with Crippen molar-refractivity contribution in [3.8, 4) is 0 Å². The van der Waals surface area contributed by atoms with Gasteiger partial charge in [-0.3, -0.25) is 4.79 Å². The minimum Gasteiger partial charge on any atom is -0.326 e. The van der Waals surface area contributed by atoms with Crippen LogP contribution in [0.5, 0.6) is 0 Å². The first kappa shape index (κ1) is 15.4. The van der Waals surface area contributed by atoms with Crippen LogP contribution >= 0.6 is 11.8 Å². The highest BCUT2D eigenvalue weighted by Gasteiger charge is 2.36. The molecule has 0 radical (unpaired) electrons. The number of nitrogens with one attached hydrogen (secondary N) is 1. The fourth-order valence-electron chi connectivity index (χ4n) is 2.74. The molecule has 3 nitrogen and oxygen atoms in total. The zero-order chi connectivity index (χ0) is 14.8. The number of thioether (sulfide) groups is 1. The number of anilines is 1. The standard InChI is InChI=1S/C16H24N2OS/c1-11(19)18-12-6-8-13(9-7-12)20-14-5-4-10-16(2,3)15(14)17/h6-9,14-15H,4-5,10,17H2,1-3H3,(H,18,19). The van der Waals surface area contributed by atoms with Crippen LogP contribution in [0.3, 0.4) is 0 Å². The Morgan fingerprint density at radius 1 is 1.35 bits per heavy atom. The molecule has 0 saturated heterocycles. The van der Waals surface area contributed by atoms with E-state index in [1.165, 1.54) is 31.1 Å². The summed E-state index contributed by atoms with van der Waals surface area (Å²) in [7, 11) is 0. The zero-order valence-electron chi connectivity index (χ0n) is 12.5. The lowest BCUT2D eigenvalue weighted by Gasteiger charge is -2.41. The van der Waals surface area contributed by atoms with E-state index in [2.05, 4.69) is 31.3 Å². The van der Waals surface area contributed by atoms with Gasteiger partial charge >= 0.3 is 0 Å². The van der Waals surface area contributed by atoms with Crippen LogP contribution in [0.1, 0.15) is 40.0 Å². The van der Waals surface area contributed by atoms with Crippen molar-refractivity contribution in [1.82, 2.24) is 0 Å². The number of benzene rings is 1. The average molecular weight is 292 g/mol. The van der Waals surface area contributed by atoms with Gasteiger partial charge in [0.15, 0.2) is 0 Å². The van der Waals surface area contributed by atoms with Crippen molar-refractivity contribution in [2.45, 2.75) is 56.2 Å². The lowest BCUT2D eigenvalue weighted by Crippen LogP contribution is -2.48. The average Bonchev–Trinajstić information content (AvgIpc) is 2.37. The number of hydrogen-bond donors (Lipinski definition) is 2. The quantitative estimate of drug-likeness (QED) is 0.894. The van der Waals surface area contributed by atoms with Crippen LogP contribution in [-0.2, 0) is 4.79 Å². The third kappa shape index (κ3) is 3.76. The SMILES string of the molecule is CC(=O)Nc1ccc(SC2CCCC(C)(C)C2N)cc1. The van der Waals surface area contributed by atoms with Crippen LogP contribution < -0.4 is 11.1 Å². The maximum Gasteiger partial charge on any atom is 0.221 e. The topological polar surface area (TPSA) is 55.1 Å². The fraction of sp³-hybridized carbons (Fsp3) is 0.562. The first-order valence-electron chi connectivity index (χ1n) is 7.18. The van der Waals surface area contributed by atoms with Crippen LogP contribution in [0.15, 0.2) is 29.2 Å². The number of hydrogen-bond acceptors (Lipinski definition) is 3. The Bertz CT molecular complexity index is 470. The van der Waals surface area contributed by atoms with E-state index < -0.39 is 0 Å². The Hall–Kier alpha value is -1.00. The minimum absolute atomic E-state index is 0.0403. The molecule has 1 fully saturated rings. The van der Waals surface area contributed by atoms with Gasteiger partial charge in [-0.1, -0.05) is 20.3 Å². The van der Waals surface area contributed by atoms with Crippen molar-refractivity contribution in [2.24, 2.45) is 11.1 Å². The molecule has 0 bridgehead atoms. The number of amides is 1. The Morgan fingerprint density at radius 2 is 2.00 bits per heavy atom. The first-order chi connectivity index (χ1) is 9.38. The van der Waals surface area contributed by atoms with E-state index in [0.29, 0.717) is 5.25 Å². The predicted molar refractivity (Wildman–Crippen MR) is 86.0 cm³/mol. The Labute approximate surface area is 125 Å². The second kappa shape index (κ2) is 6.19. The van der Waals surface area contributed by atoms with Gasteiger partial charge in [-0.25, -0.2) is 0 Å². The molecule has 20 heavy (non-hydrogen) atoms. The van der Waals surface area contributed by atoms with E-state index in [-0.39, 0.29) is 17.4 Å². The molecular weight excluding hydrogens is 268 g/mol. The Kier molecular flexibility index (Phi) is 4.76. The fourth-order valence-corrected chi connectivity index (χ4v) is 4.18. The lowest BCUT2D eigenvalue weighted by atomic mass is 9.73. The molecule has 0 aliphatic heterocycles. The van der Waals surface area contributed by atoms with Crippen LogP contribution in [0.4, 0.5) is 5.69 Å². The summed E-state index contributed by atoms with van der Waals surface area (Å²) in [6, 6.07) is 8.25. The number of nitrogens with two attached hydrogens (primary N) is 1. The van der Waals surface area contributed by atoms with Crippen LogP contribution in [0.2, 0.25) is 0 Å². The van der Waals surface area contributed by atoms with E-state index >= 15 is 0 Å². The molecule has 2 atom stereocenters. The molecule has 1 saturated carbocycles. The van der Waals surface area contributed by atoms with Gasteiger partial charge in [0.05, 0.1) is 0 Å². The second-order valence-electron chi connectivity index (χ2n) is 6.27. The Balaban J connectivity index is 2.01. The molecule has 3 N–H and O–H groups in total. The Morgan fingerprint density at radius 3 is 2.60 bits per heavy atom. The van der Waals surface area contributed by atoms with Crippen LogP contribution in [0, 0.1) is 5.41 Å². The molecule has 2 rings (SSSR count). The summed E-state index contributed by atoms with van der Waals surface area (Å²) in [6.07, 6.45) is 3.65. The molecular formula is C16H24N2OS. The van der Waals surface area contributed by atoms with Gasteiger partial charge in [0.1, 0.15) is 0 Å². The summed E-state index contributed by atoms with van der Waals surface area (Å²) in [4.78, 5) is 12.2. The normalized spacial score (nSPS) is 25.2. The molecule has 1 amide bonds. The lowest BCUT2D eigenvalue weighted by molar-refractivity contribution is -0.114. The summed E-state index contributed by atoms with van der Waals surface area (Å²) >= 11 is 1.86. The molecule has 110 valence electrons. The molecule has 0 spiro atoms. The highest BCUT2D eigenvalue weighted by atomic mass is 32.2. The maximum absolute atomic E-state index is 11.0. The third-order valence-corrected chi connectivity index (χ3v) is 5.45. The van der Waals surface area contributed by atoms with Gasteiger partial charge in [0.2, 0.25) is 5.91 Å². The molecule has 0 aromatic heterocycles. The van der Waals surface area contributed by atoms with Crippen molar-refractivity contribution in [1.29, 1.82) is 0 Å². The molecule has 1 aromatic rings. The van der Waals surface area contributed by atoms with Crippen LogP contribution in [0.25, 0.3) is 0 Å². The minimum atomic E-state index is -0.0403. The third-order valence-electron chi connectivity index (χ3n) is 4.07. The molecule has 0 heterocycles. The molecule has 4 heteroatoms. The molecule has 1 aliphatic carbocycles. The van der Waals surface area contributed by atoms with Gasteiger partial charge in [0.25, 0.3) is 0 Å². The summed E-state index contributed by atoms with van der Waals surface area (Å²) in [6.45, 7) is 6.06. The van der Waals surface area contributed by atoms with Crippen molar-refractivity contribution in [3.63, 3.8) is 0 Å².